The lowest BCUT2D eigenvalue weighted by atomic mass is 9.92. The smallest absolute Gasteiger partial charge is 0.265 e. The molecule has 2 aromatic rings. The summed E-state index contributed by atoms with van der Waals surface area (Å²) in [6.45, 7) is 6.96. The van der Waals surface area contributed by atoms with E-state index in [0.717, 1.165) is 73.3 Å². The Morgan fingerprint density at radius 3 is 2.48 bits per heavy atom. The zero-order chi connectivity index (χ0) is 20.4. The van der Waals surface area contributed by atoms with Crippen LogP contribution in [0.5, 0.6) is 0 Å². The third kappa shape index (κ3) is 4.70. The second kappa shape index (κ2) is 8.93. The van der Waals surface area contributed by atoms with Crippen molar-refractivity contribution in [1.82, 2.24) is 19.7 Å². The van der Waals surface area contributed by atoms with Crippen LogP contribution in [-0.4, -0.2) is 77.8 Å². The van der Waals surface area contributed by atoms with Crippen LogP contribution in [0.25, 0.3) is 10.6 Å². The molecule has 4 heterocycles. The van der Waals surface area contributed by atoms with E-state index in [4.69, 9.17) is 0 Å². The number of carbonyl (C=O) groups excluding carboxylic acids is 2. The lowest BCUT2D eigenvalue weighted by molar-refractivity contribution is -0.134. The average molecular weight is 433 g/mol. The summed E-state index contributed by atoms with van der Waals surface area (Å²) in [5, 5.41) is 5.01. The van der Waals surface area contributed by atoms with Crippen molar-refractivity contribution in [3.63, 3.8) is 0 Å². The third-order valence-electron chi connectivity index (χ3n) is 5.98. The Morgan fingerprint density at radius 1 is 1.10 bits per heavy atom. The van der Waals surface area contributed by atoms with E-state index in [0.29, 0.717) is 12.3 Å². The SMILES string of the molecule is Cc1nc(-c2ccsc2)sc1C(=O)N1CCC(CC(=O)N2CCN(C)CC2)CC1. The Bertz CT molecular complexity index is 848. The molecule has 2 aliphatic heterocycles. The molecular weight excluding hydrogens is 404 g/mol. The summed E-state index contributed by atoms with van der Waals surface area (Å²) in [5.41, 5.74) is 1.90. The molecular formula is C21H28N4O2S2. The highest BCUT2D eigenvalue weighted by Crippen LogP contribution is 2.31. The summed E-state index contributed by atoms with van der Waals surface area (Å²) < 4.78 is 0. The largest absolute Gasteiger partial charge is 0.340 e. The van der Waals surface area contributed by atoms with E-state index < -0.39 is 0 Å². The minimum absolute atomic E-state index is 0.0883. The number of likely N-dealkylation sites (tertiary alicyclic amines) is 1. The zero-order valence-corrected chi connectivity index (χ0v) is 18.7. The molecule has 0 bridgehead atoms. The van der Waals surface area contributed by atoms with E-state index in [1.165, 1.54) is 11.3 Å². The molecule has 29 heavy (non-hydrogen) atoms. The fourth-order valence-electron chi connectivity index (χ4n) is 4.02. The fourth-order valence-corrected chi connectivity index (χ4v) is 5.77. The molecule has 0 atom stereocenters. The van der Waals surface area contributed by atoms with Crippen LogP contribution in [0.15, 0.2) is 16.8 Å². The lowest BCUT2D eigenvalue weighted by Gasteiger charge is -2.35. The van der Waals surface area contributed by atoms with Crippen molar-refractivity contribution >= 4 is 34.5 Å². The van der Waals surface area contributed by atoms with Gasteiger partial charge >= 0.3 is 0 Å². The van der Waals surface area contributed by atoms with Gasteiger partial charge in [0.05, 0.1) is 5.69 Å². The molecule has 2 fully saturated rings. The van der Waals surface area contributed by atoms with E-state index >= 15 is 0 Å². The van der Waals surface area contributed by atoms with Crippen LogP contribution in [0.2, 0.25) is 0 Å². The minimum atomic E-state index is 0.0883. The van der Waals surface area contributed by atoms with E-state index in [1.807, 2.05) is 28.2 Å². The number of thiazole rings is 1. The van der Waals surface area contributed by atoms with E-state index in [9.17, 15) is 9.59 Å². The van der Waals surface area contributed by atoms with E-state index in [1.54, 1.807) is 11.3 Å². The predicted octanol–water partition coefficient (Wildman–Crippen LogP) is 3.20. The van der Waals surface area contributed by atoms with Crippen molar-refractivity contribution in [3.05, 3.63) is 27.4 Å². The summed E-state index contributed by atoms with van der Waals surface area (Å²) in [6, 6.07) is 2.04. The molecule has 6 nitrogen and oxygen atoms in total. The van der Waals surface area contributed by atoms with Crippen molar-refractivity contribution in [2.75, 3.05) is 46.3 Å². The van der Waals surface area contributed by atoms with Crippen molar-refractivity contribution in [2.24, 2.45) is 5.92 Å². The average Bonchev–Trinajstić information content (AvgIpc) is 3.38. The van der Waals surface area contributed by atoms with Gasteiger partial charge in [-0.15, -0.1) is 11.3 Å². The normalized spacial score (nSPS) is 19.0. The van der Waals surface area contributed by atoms with Gasteiger partial charge in [0.15, 0.2) is 0 Å². The van der Waals surface area contributed by atoms with Gasteiger partial charge in [-0.05, 0) is 44.2 Å². The van der Waals surface area contributed by atoms with Crippen LogP contribution in [-0.2, 0) is 4.79 Å². The molecule has 8 heteroatoms. The number of likely N-dealkylation sites (N-methyl/N-ethyl adjacent to an activating group) is 1. The quantitative estimate of drug-likeness (QED) is 0.745. The highest BCUT2D eigenvalue weighted by atomic mass is 32.1. The Labute approximate surface area is 180 Å². The molecule has 0 radical (unpaired) electrons. The number of rotatable bonds is 4. The summed E-state index contributed by atoms with van der Waals surface area (Å²) >= 11 is 3.13. The van der Waals surface area contributed by atoms with E-state index in [2.05, 4.69) is 22.3 Å². The molecule has 0 saturated carbocycles. The number of nitrogens with zero attached hydrogens (tertiary/aromatic N) is 4. The van der Waals surface area contributed by atoms with Crippen molar-refractivity contribution < 1.29 is 9.59 Å². The van der Waals surface area contributed by atoms with Gasteiger partial charge in [0, 0.05) is 56.6 Å². The summed E-state index contributed by atoms with van der Waals surface area (Å²) in [6.07, 6.45) is 2.43. The molecule has 2 amide bonds. The fraction of sp³-hybridized carbons (Fsp3) is 0.571. The maximum absolute atomic E-state index is 13.0. The number of piperidine rings is 1. The lowest BCUT2D eigenvalue weighted by Crippen LogP contribution is -2.48. The zero-order valence-electron chi connectivity index (χ0n) is 17.1. The first-order valence-corrected chi connectivity index (χ1v) is 12.0. The van der Waals surface area contributed by atoms with Gasteiger partial charge in [0.25, 0.3) is 5.91 Å². The Hall–Kier alpha value is -1.77. The molecule has 0 aromatic carbocycles. The molecule has 0 unspecified atom stereocenters. The van der Waals surface area contributed by atoms with Gasteiger partial charge in [-0.3, -0.25) is 9.59 Å². The van der Waals surface area contributed by atoms with Crippen LogP contribution < -0.4 is 0 Å². The van der Waals surface area contributed by atoms with Gasteiger partial charge in [0.1, 0.15) is 9.88 Å². The van der Waals surface area contributed by atoms with Gasteiger partial charge < -0.3 is 14.7 Å². The number of thiophene rings is 1. The standard InChI is InChI=1S/C21H28N4O2S2/c1-15-19(29-20(22-15)17-5-12-28-14-17)21(27)25-6-3-16(4-7-25)13-18(26)24-10-8-23(2)9-11-24/h5,12,14,16H,3-4,6-11,13H2,1-2H3. The summed E-state index contributed by atoms with van der Waals surface area (Å²) in [4.78, 5) is 37.2. The number of aryl methyl sites for hydroxylation is 1. The predicted molar refractivity (Wildman–Crippen MR) is 117 cm³/mol. The van der Waals surface area contributed by atoms with Gasteiger partial charge in [0.2, 0.25) is 5.91 Å². The first kappa shape index (κ1) is 20.5. The van der Waals surface area contributed by atoms with Crippen LogP contribution in [0, 0.1) is 12.8 Å². The molecule has 0 N–H and O–H groups in total. The topological polar surface area (TPSA) is 56.8 Å². The molecule has 0 aliphatic carbocycles. The van der Waals surface area contributed by atoms with E-state index in [-0.39, 0.29) is 11.8 Å². The summed E-state index contributed by atoms with van der Waals surface area (Å²) in [5.74, 6) is 0.752. The maximum Gasteiger partial charge on any atom is 0.265 e. The van der Waals surface area contributed by atoms with Crippen molar-refractivity contribution in [3.8, 4) is 10.6 Å². The van der Waals surface area contributed by atoms with Crippen LogP contribution in [0.1, 0.15) is 34.6 Å². The molecule has 2 aromatic heterocycles. The number of hydrogen-bond donors (Lipinski definition) is 0. The van der Waals surface area contributed by atoms with Gasteiger partial charge in [-0.25, -0.2) is 4.98 Å². The van der Waals surface area contributed by atoms with Crippen molar-refractivity contribution in [1.29, 1.82) is 0 Å². The molecule has 156 valence electrons. The van der Waals surface area contributed by atoms with Gasteiger partial charge in [-0.2, -0.15) is 11.3 Å². The Kier molecular flexibility index (Phi) is 6.32. The number of piperazine rings is 1. The second-order valence-corrected chi connectivity index (χ2v) is 9.85. The van der Waals surface area contributed by atoms with Crippen molar-refractivity contribution in [2.45, 2.75) is 26.2 Å². The molecule has 4 rings (SSSR count). The third-order valence-corrected chi connectivity index (χ3v) is 7.86. The second-order valence-electron chi connectivity index (χ2n) is 8.07. The maximum atomic E-state index is 13.0. The van der Waals surface area contributed by atoms with Crippen LogP contribution in [0.4, 0.5) is 0 Å². The first-order chi connectivity index (χ1) is 14.0. The molecule has 0 spiro atoms. The van der Waals surface area contributed by atoms with Gasteiger partial charge in [-0.1, -0.05) is 0 Å². The highest BCUT2D eigenvalue weighted by molar-refractivity contribution is 7.17. The number of hydrogen-bond acceptors (Lipinski definition) is 6. The Balaban J connectivity index is 1.30. The van der Waals surface area contributed by atoms with Crippen LogP contribution in [0.3, 0.4) is 0 Å². The molecule has 2 saturated heterocycles. The monoisotopic (exact) mass is 432 g/mol. The number of aromatic nitrogens is 1. The Morgan fingerprint density at radius 2 is 1.83 bits per heavy atom. The number of carbonyl (C=O) groups is 2. The highest BCUT2D eigenvalue weighted by Gasteiger charge is 2.29. The van der Waals surface area contributed by atoms with Crippen LogP contribution >= 0.6 is 22.7 Å². The first-order valence-electron chi connectivity index (χ1n) is 10.3. The minimum Gasteiger partial charge on any atom is -0.340 e. The molecule has 2 aliphatic rings. The summed E-state index contributed by atoms with van der Waals surface area (Å²) in [7, 11) is 2.10. The number of amides is 2.